The molecule has 1 aromatic rings. The Hall–Kier alpha value is -0.990. The highest BCUT2D eigenvalue weighted by atomic mass is 31.3. The second-order valence-corrected chi connectivity index (χ2v) is 9.80. The van der Waals surface area contributed by atoms with Crippen LogP contribution in [-0.2, 0) is 31.6 Å². The molecule has 0 radical (unpaired) electrons. The van der Waals surface area contributed by atoms with Crippen LogP contribution in [-0.4, -0.2) is 53.0 Å². The van der Waals surface area contributed by atoms with Crippen molar-refractivity contribution in [3.63, 3.8) is 0 Å². The van der Waals surface area contributed by atoms with Crippen LogP contribution < -0.4 is 11.2 Å². The minimum Gasteiger partial charge on any atom is -0.386 e. The van der Waals surface area contributed by atoms with Crippen molar-refractivity contribution >= 4 is 23.5 Å². The van der Waals surface area contributed by atoms with Crippen molar-refractivity contribution in [2.45, 2.75) is 25.4 Å². The maximum atomic E-state index is 11.8. The summed E-state index contributed by atoms with van der Waals surface area (Å²) in [5, 5.41) is 10.2. The number of ether oxygens (including phenoxy) is 1. The number of phosphoric ester groups is 1. The van der Waals surface area contributed by atoms with Gasteiger partial charge in [0.1, 0.15) is 12.2 Å². The lowest BCUT2D eigenvalue weighted by Gasteiger charge is -2.22. The summed E-state index contributed by atoms with van der Waals surface area (Å²) in [6, 6.07) is 0. The Morgan fingerprint density at radius 3 is 2.32 bits per heavy atom. The van der Waals surface area contributed by atoms with E-state index in [0.29, 0.717) is 0 Å². The van der Waals surface area contributed by atoms with Crippen LogP contribution in [0.1, 0.15) is 11.8 Å². The molecule has 1 aliphatic rings. The number of hydrogen-bond donors (Lipinski definition) is 6. The Bertz CT molecular complexity index is 995. The fourth-order valence-corrected chi connectivity index (χ4v) is 5.34. The zero-order valence-corrected chi connectivity index (χ0v) is 16.4. The number of aliphatic hydroxyl groups excluding tert-OH is 1. The number of aromatic nitrogens is 2. The third-order valence-corrected chi connectivity index (χ3v) is 7.07. The van der Waals surface area contributed by atoms with Gasteiger partial charge in [0.05, 0.1) is 6.61 Å². The van der Waals surface area contributed by atoms with Gasteiger partial charge in [-0.25, -0.2) is 18.5 Å². The highest BCUT2D eigenvalue weighted by Crippen LogP contribution is 2.66. The standard InChI is InChI=1S/C9H15N2O14P3/c1-4-2-11(9(14)10-7(4)13)8-6(12)5(3-22-8)23-27(18,19)25-28(20,21)24-26(15,16)17/h2,5-6,8,12H,3H2,1H3,(H,18,19)(H,20,21)(H,10,13,14)(H2,15,16,17)/t5?,6?,8-/m1/s1. The van der Waals surface area contributed by atoms with E-state index in [9.17, 15) is 33.3 Å². The van der Waals surface area contributed by atoms with E-state index in [1.54, 1.807) is 0 Å². The first-order chi connectivity index (χ1) is 12.6. The van der Waals surface area contributed by atoms with E-state index in [1.165, 1.54) is 6.92 Å². The number of rotatable bonds is 7. The zero-order chi connectivity index (χ0) is 21.5. The Labute approximate surface area is 154 Å². The molecule has 1 aromatic heterocycles. The number of nitrogens with zero attached hydrogens (tertiary/aromatic N) is 1. The molecule has 0 bridgehead atoms. The van der Waals surface area contributed by atoms with Gasteiger partial charge >= 0.3 is 29.2 Å². The molecule has 1 aliphatic heterocycles. The van der Waals surface area contributed by atoms with Crippen LogP contribution in [0.3, 0.4) is 0 Å². The summed E-state index contributed by atoms with van der Waals surface area (Å²) in [5.74, 6) is 0. The molecule has 0 aromatic carbocycles. The highest BCUT2D eigenvalue weighted by Gasteiger charge is 2.46. The van der Waals surface area contributed by atoms with Gasteiger partial charge in [-0.2, -0.15) is 8.62 Å². The summed E-state index contributed by atoms with van der Waals surface area (Å²) >= 11 is 0. The second kappa shape index (κ2) is 8.03. The summed E-state index contributed by atoms with van der Waals surface area (Å²) < 4.78 is 51.1. The van der Waals surface area contributed by atoms with Crippen molar-refractivity contribution in [3.8, 4) is 0 Å². The fourth-order valence-electron chi connectivity index (χ4n) is 2.16. The molecule has 1 fully saturated rings. The maximum absolute atomic E-state index is 11.8. The quantitative estimate of drug-likeness (QED) is 0.248. The molecule has 4 unspecified atom stereocenters. The molecule has 0 saturated carbocycles. The number of nitrogens with one attached hydrogen (secondary N) is 1. The minimum absolute atomic E-state index is 0.0896. The van der Waals surface area contributed by atoms with Gasteiger partial charge in [-0.3, -0.25) is 18.9 Å². The molecule has 6 N–H and O–H groups in total. The van der Waals surface area contributed by atoms with Crippen LogP contribution in [0, 0.1) is 6.92 Å². The summed E-state index contributed by atoms with van der Waals surface area (Å²) in [7, 11) is -16.8. The molecule has 0 aliphatic carbocycles. The van der Waals surface area contributed by atoms with Crippen LogP contribution in [0.2, 0.25) is 0 Å². The van der Waals surface area contributed by atoms with Gasteiger partial charge in [0.15, 0.2) is 6.23 Å². The third-order valence-electron chi connectivity index (χ3n) is 3.21. The molecule has 0 amide bonds. The van der Waals surface area contributed by atoms with Gasteiger partial charge in [0, 0.05) is 11.8 Å². The first kappa shape index (κ1) is 23.3. The van der Waals surface area contributed by atoms with Gasteiger partial charge in [0.25, 0.3) is 5.56 Å². The fraction of sp³-hybridized carbons (Fsp3) is 0.556. The Kier molecular flexibility index (Phi) is 6.68. The first-order valence-corrected chi connectivity index (χ1v) is 11.6. The summed E-state index contributed by atoms with van der Waals surface area (Å²) in [4.78, 5) is 60.6. The molecule has 160 valence electrons. The average molecular weight is 468 g/mol. The SMILES string of the molecule is Cc1cn([C@@H]2OCC(OP(=O)(O)OP(=O)(O)OP(=O)(O)O)C2O)c(=O)[nH]c1=O. The number of aromatic amines is 1. The predicted octanol–water partition coefficient (Wildman–Crippen LogP) is -1.55. The molecule has 0 spiro atoms. The topological polar surface area (TPSA) is 244 Å². The lowest BCUT2D eigenvalue weighted by Crippen LogP contribution is -2.38. The highest BCUT2D eigenvalue weighted by molar-refractivity contribution is 7.66. The number of H-pyrrole nitrogens is 1. The van der Waals surface area contributed by atoms with Gasteiger partial charge in [-0.1, -0.05) is 0 Å². The maximum Gasteiger partial charge on any atom is 0.490 e. The van der Waals surface area contributed by atoms with Crippen LogP contribution in [0.4, 0.5) is 0 Å². The molecule has 5 atom stereocenters. The largest absolute Gasteiger partial charge is 0.490 e. The van der Waals surface area contributed by atoms with Crippen LogP contribution >= 0.6 is 23.5 Å². The number of hydrogen-bond acceptors (Lipinski definition) is 10. The Balaban J connectivity index is 2.14. The number of aryl methyl sites for hydroxylation is 1. The van der Waals surface area contributed by atoms with E-state index < -0.39 is 59.8 Å². The van der Waals surface area contributed by atoms with Gasteiger partial charge in [0.2, 0.25) is 0 Å². The summed E-state index contributed by atoms with van der Waals surface area (Å²) in [6.45, 7) is 0.763. The monoisotopic (exact) mass is 468 g/mol. The second-order valence-electron chi connectivity index (χ2n) is 5.43. The molecular formula is C9H15N2O14P3. The van der Waals surface area contributed by atoms with Crippen molar-refractivity contribution in [1.82, 2.24) is 9.55 Å². The van der Waals surface area contributed by atoms with E-state index in [4.69, 9.17) is 19.4 Å². The van der Waals surface area contributed by atoms with Crippen LogP contribution in [0.5, 0.6) is 0 Å². The molecule has 2 rings (SSSR count). The van der Waals surface area contributed by atoms with E-state index in [-0.39, 0.29) is 5.56 Å². The van der Waals surface area contributed by atoms with Crippen molar-refractivity contribution < 1.29 is 56.3 Å². The average Bonchev–Trinajstić information content (AvgIpc) is 2.79. The van der Waals surface area contributed by atoms with E-state index >= 15 is 0 Å². The van der Waals surface area contributed by atoms with Crippen molar-refractivity contribution in [2.24, 2.45) is 0 Å². The smallest absolute Gasteiger partial charge is 0.386 e. The normalized spacial score (nSPS) is 27.3. The zero-order valence-electron chi connectivity index (χ0n) is 13.7. The molecule has 2 heterocycles. The van der Waals surface area contributed by atoms with Crippen molar-refractivity contribution in [3.05, 3.63) is 32.6 Å². The molecule has 19 heteroatoms. The number of phosphoric acid groups is 3. The molecule has 28 heavy (non-hydrogen) atoms. The van der Waals surface area contributed by atoms with Crippen molar-refractivity contribution in [1.29, 1.82) is 0 Å². The molecule has 1 saturated heterocycles. The van der Waals surface area contributed by atoms with Gasteiger partial charge in [-0.05, 0) is 6.92 Å². The van der Waals surface area contributed by atoms with Crippen molar-refractivity contribution in [2.75, 3.05) is 6.61 Å². The Morgan fingerprint density at radius 1 is 1.14 bits per heavy atom. The van der Waals surface area contributed by atoms with E-state index in [0.717, 1.165) is 10.8 Å². The van der Waals surface area contributed by atoms with E-state index in [1.807, 2.05) is 4.98 Å². The minimum atomic E-state index is -5.72. The van der Waals surface area contributed by atoms with Crippen LogP contribution in [0.15, 0.2) is 15.8 Å². The van der Waals surface area contributed by atoms with E-state index in [2.05, 4.69) is 13.1 Å². The first-order valence-electron chi connectivity index (χ1n) is 7.04. The van der Waals surface area contributed by atoms with Crippen LogP contribution in [0.25, 0.3) is 0 Å². The third kappa shape index (κ3) is 6.00. The van der Waals surface area contributed by atoms with Gasteiger partial charge in [-0.15, -0.1) is 0 Å². The lowest BCUT2D eigenvalue weighted by atomic mass is 10.2. The van der Waals surface area contributed by atoms with Gasteiger partial charge < -0.3 is 29.4 Å². The lowest BCUT2D eigenvalue weighted by molar-refractivity contribution is -0.0211. The molecular weight excluding hydrogens is 453 g/mol. The molecule has 16 nitrogen and oxygen atoms in total. The summed E-state index contributed by atoms with van der Waals surface area (Å²) in [6.07, 6.45) is -3.86. The predicted molar refractivity (Wildman–Crippen MR) is 85.8 cm³/mol. The Morgan fingerprint density at radius 2 is 1.75 bits per heavy atom. The summed E-state index contributed by atoms with van der Waals surface area (Å²) in [5.41, 5.74) is -1.55. The number of aliphatic hydroxyl groups is 1.